The molecule has 4 heteroatoms. The number of hydrogen-bond acceptors (Lipinski definition) is 2. The highest BCUT2D eigenvalue weighted by Crippen LogP contribution is 2.20. The number of ether oxygens (including phenoxy) is 1. The van der Waals surface area contributed by atoms with Gasteiger partial charge in [-0.2, -0.15) is 0 Å². The lowest BCUT2D eigenvalue weighted by Gasteiger charge is -2.24. The van der Waals surface area contributed by atoms with Gasteiger partial charge in [-0.05, 0) is 48.6 Å². The van der Waals surface area contributed by atoms with Crippen molar-refractivity contribution in [1.82, 2.24) is 10.3 Å². The fraction of sp³-hybridized carbons (Fsp3) is 0.400. The monoisotopic (exact) mass is 258 g/mol. The number of nitrogens with one attached hydrogen (secondary N) is 2. The maximum atomic E-state index is 11.7. The number of H-pyrrole nitrogens is 1. The Morgan fingerprint density at radius 2 is 2.11 bits per heavy atom. The van der Waals surface area contributed by atoms with Crippen LogP contribution in [0.4, 0.5) is 0 Å². The summed E-state index contributed by atoms with van der Waals surface area (Å²) >= 11 is 0. The van der Waals surface area contributed by atoms with E-state index in [2.05, 4.69) is 42.3 Å². The zero-order valence-electron chi connectivity index (χ0n) is 11.2. The van der Waals surface area contributed by atoms with Gasteiger partial charge >= 0.3 is 0 Å². The lowest BCUT2D eigenvalue weighted by molar-refractivity contribution is -0.145. The van der Waals surface area contributed by atoms with Gasteiger partial charge in [0.2, 0.25) is 5.91 Å². The van der Waals surface area contributed by atoms with Crippen molar-refractivity contribution in [2.45, 2.75) is 32.9 Å². The molecule has 1 unspecified atom stereocenters. The first kappa shape index (κ1) is 12.2. The Morgan fingerprint density at radius 3 is 2.79 bits per heavy atom. The van der Waals surface area contributed by atoms with E-state index in [4.69, 9.17) is 4.74 Å². The molecule has 2 heterocycles. The summed E-state index contributed by atoms with van der Waals surface area (Å²) in [5.74, 6) is -0.0164. The van der Waals surface area contributed by atoms with Crippen LogP contribution >= 0.6 is 0 Å². The average Bonchev–Trinajstić information content (AvgIpc) is 2.67. The van der Waals surface area contributed by atoms with Crippen LogP contribution in [0.5, 0.6) is 0 Å². The SMILES string of the molecule is Cc1cc2cc(CNC(=O)C3CCO3)[nH]c2cc1C. The Labute approximate surface area is 112 Å². The van der Waals surface area contributed by atoms with Gasteiger partial charge in [0.25, 0.3) is 0 Å². The second-order valence-corrected chi connectivity index (χ2v) is 5.18. The maximum absolute atomic E-state index is 11.7. The third kappa shape index (κ3) is 2.36. The number of aryl methyl sites for hydroxylation is 2. The van der Waals surface area contributed by atoms with Crippen molar-refractivity contribution in [3.63, 3.8) is 0 Å². The van der Waals surface area contributed by atoms with Crippen molar-refractivity contribution in [2.24, 2.45) is 0 Å². The summed E-state index contributed by atoms with van der Waals surface area (Å²) in [6.45, 7) is 5.43. The van der Waals surface area contributed by atoms with Gasteiger partial charge in [0.1, 0.15) is 6.10 Å². The summed E-state index contributed by atoms with van der Waals surface area (Å²) in [5.41, 5.74) is 4.69. The van der Waals surface area contributed by atoms with Gasteiger partial charge in [-0.3, -0.25) is 4.79 Å². The second kappa shape index (κ2) is 4.70. The van der Waals surface area contributed by atoms with E-state index in [1.807, 2.05) is 0 Å². The molecule has 1 atom stereocenters. The number of fused-ring (bicyclic) bond motifs is 1. The van der Waals surface area contributed by atoms with Gasteiger partial charge in [0, 0.05) is 17.6 Å². The fourth-order valence-corrected chi connectivity index (χ4v) is 2.30. The van der Waals surface area contributed by atoms with E-state index in [1.54, 1.807) is 0 Å². The predicted octanol–water partition coefficient (Wildman–Crippen LogP) is 2.19. The van der Waals surface area contributed by atoms with Crippen LogP contribution in [0, 0.1) is 13.8 Å². The summed E-state index contributed by atoms with van der Waals surface area (Å²) in [6.07, 6.45) is 0.588. The van der Waals surface area contributed by atoms with Crippen molar-refractivity contribution in [3.8, 4) is 0 Å². The van der Waals surface area contributed by atoms with Gasteiger partial charge in [-0.25, -0.2) is 0 Å². The van der Waals surface area contributed by atoms with Gasteiger partial charge < -0.3 is 15.0 Å². The number of benzene rings is 1. The number of aromatic amines is 1. The fourth-order valence-electron chi connectivity index (χ4n) is 2.30. The molecule has 3 rings (SSSR count). The molecule has 1 fully saturated rings. The Morgan fingerprint density at radius 1 is 1.37 bits per heavy atom. The number of carbonyl (C=O) groups excluding carboxylic acids is 1. The molecule has 2 aromatic rings. The number of amides is 1. The van der Waals surface area contributed by atoms with Crippen LogP contribution in [0.15, 0.2) is 18.2 Å². The van der Waals surface area contributed by atoms with E-state index in [0.29, 0.717) is 13.2 Å². The minimum absolute atomic E-state index is 0.0164. The van der Waals surface area contributed by atoms with Crippen molar-refractivity contribution >= 4 is 16.8 Å². The molecule has 1 aliphatic heterocycles. The van der Waals surface area contributed by atoms with Crippen LogP contribution in [-0.2, 0) is 16.1 Å². The largest absolute Gasteiger partial charge is 0.368 e. The van der Waals surface area contributed by atoms with Crippen molar-refractivity contribution in [3.05, 3.63) is 35.0 Å². The molecule has 0 radical (unpaired) electrons. The number of carbonyl (C=O) groups is 1. The van der Waals surface area contributed by atoms with Crippen LogP contribution in [-0.4, -0.2) is 23.6 Å². The lowest BCUT2D eigenvalue weighted by atomic mass is 10.1. The van der Waals surface area contributed by atoms with Crippen molar-refractivity contribution < 1.29 is 9.53 Å². The van der Waals surface area contributed by atoms with Crippen molar-refractivity contribution in [2.75, 3.05) is 6.61 Å². The predicted molar refractivity (Wildman–Crippen MR) is 74.0 cm³/mol. The lowest BCUT2D eigenvalue weighted by Crippen LogP contribution is -2.42. The Kier molecular flexibility index (Phi) is 3.03. The third-order valence-electron chi connectivity index (χ3n) is 3.74. The van der Waals surface area contributed by atoms with Crippen molar-refractivity contribution in [1.29, 1.82) is 0 Å². The number of aromatic nitrogens is 1. The quantitative estimate of drug-likeness (QED) is 0.886. The van der Waals surface area contributed by atoms with E-state index in [0.717, 1.165) is 17.6 Å². The zero-order chi connectivity index (χ0) is 13.4. The van der Waals surface area contributed by atoms with Crippen LogP contribution in [0.1, 0.15) is 23.2 Å². The van der Waals surface area contributed by atoms with E-state index >= 15 is 0 Å². The maximum Gasteiger partial charge on any atom is 0.249 e. The molecule has 0 bridgehead atoms. The van der Waals surface area contributed by atoms with E-state index in [-0.39, 0.29) is 12.0 Å². The summed E-state index contributed by atoms with van der Waals surface area (Å²) in [7, 11) is 0. The normalized spacial score (nSPS) is 18.3. The molecule has 1 amide bonds. The molecule has 1 aromatic carbocycles. The summed E-state index contributed by atoms with van der Waals surface area (Å²) in [6, 6.07) is 6.40. The molecule has 1 aliphatic rings. The zero-order valence-corrected chi connectivity index (χ0v) is 11.2. The Hall–Kier alpha value is -1.81. The number of rotatable bonds is 3. The minimum atomic E-state index is -0.242. The molecular formula is C15H18N2O2. The highest BCUT2D eigenvalue weighted by Gasteiger charge is 2.25. The first-order valence-electron chi connectivity index (χ1n) is 6.61. The topological polar surface area (TPSA) is 54.1 Å². The van der Waals surface area contributed by atoms with Crippen LogP contribution in [0.25, 0.3) is 10.9 Å². The third-order valence-corrected chi connectivity index (χ3v) is 3.74. The van der Waals surface area contributed by atoms with Gasteiger partial charge in [-0.1, -0.05) is 0 Å². The van der Waals surface area contributed by atoms with E-state index in [9.17, 15) is 4.79 Å². The molecule has 100 valence electrons. The Balaban J connectivity index is 1.72. The first-order valence-corrected chi connectivity index (χ1v) is 6.61. The molecule has 0 spiro atoms. The molecular weight excluding hydrogens is 240 g/mol. The summed E-state index contributed by atoms with van der Waals surface area (Å²) < 4.78 is 5.15. The standard InChI is InChI=1S/C15H18N2O2/c1-9-5-11-7-12(17-13(11)6-10(9)2)8-16-15(18)14-3-4-19-14/h5-7,14,17H,3-4,8H2,1-2H3,(H,16,18). The average molecular weight is 258 g/mol. The van der Waals surface area contributed by atoms with E-state index in [1.165, 1.54) is 16.5 Å². The van der Waals surface area contributed by atoms with Gasteiger partial charge in [-0.15, -0.1) is 0 Å². The number of hydrogen-bond donors (Lipinski definition) is 2. The molecule has 19 heavy (non-hydrogen) atoms. The molecule has 4 nitrogen and oxygen atoms in total. The molecule has 2 N–H and O–H groups in total. The van der Waals surface area contributed by atoms with Gasteiger partial charge in [0.05, 0.1) is 13.2 Å². The van der Waals surface area contributed by atoms with Gasteiger partial charge in [0.15, 0.2) is 0 Å². The van der Waals surface area contributed by atoms with Crippen LogP contribution in [0.3, 0.4) is 0 Å². The molecule has 1 aromatic heterocycles. The van der Waals surface area contributed by atoms with Crippen LogP contribution in [0.2, 0.25) is 0 Å². The Bertz CT molecular complexity index is 587. The van der Waals surface area contributed by atoms with E-state index < -0.39 is 0 Å². The molecule has 0 aliphatic carbocycles. The first-order chi connectivity index (χ1) is 9.13. The second-order valence-electron chi connectivity index (χ2n) is 5.18. The molecule has 0 saturated carbocycles. The smallest absolute Gasteiger partial charge is 0.249 e. The highest BCUT2D eigenvalue weighted by molar-refractivity contribution is 5.83. The summed E-state index contributed by atoms with van der Waals surface area (Å²) in [5, 5.41) is 4.08. The highest BCUT2D eigenvalue weighted by atomic mass is 16.5. The summed E-state index contributed by atoms with van der Waals surface area (Å²) in [4.78, 5) is 15.0. The molecule has 1 saturated heterocycles. The van der Waals surface area contributed by atoms with Crippen LogP contribution < -0.4 is 5.32 Å². The minimum Gasteiger partial charge on any atom is -0.368 e.